The van der Waals surface area contributed by atoms with Crippen molar-refractivity contribution in [1.82, 2.24) is 5.16 Å². The van der Waals surface area contributed by atoms with Gasteiger partial charge in [0.25, 0.3) is 0 Å². The fourth-order valence-electron chi connectivity index (χ4n) is 1.53. The van der Waals surface area contributed by atoms with Gasteiger partial charge in [-0.1, -0.05) is 47.9 Å². The molecule has 20 heavy (non-hydrogen) atoms. The quantitative estimate of drug-likeness (QED) is 0.854. The lowest BCUT2D eigenvalue weighted by Crippen LogP contribution is -2.19. The van der Waals surface area contributed by atoms with Crippen LogP contribution in [0.2, 0.25) is 0 Å². The van der Waals surface area contributed by atoms with Crippen LogP contribution in [-0.2, 0) is 5.41 Å². The lowest BCUT2D eigenvalue weighted by Gasteiger charge is -2.12. The zero-order valence-corrected chi connectivity index (χ0v) is 13.1. The lowest BCUT2D eigenvalue weighted by atomic mass is 9.93. The Kier molecular flexibility index (Phi) is 4.13. The van der Waals surface area contributed by atoms with Gasteiger partial charge in [0.15, 0.2) is 5.82 Å². The molecule has 0 radical (unpaired) electrons. The predicted octanol–water partition coefficient (Wildman–Crippen LogP) is 4.38. The third kappa shape index (κ3) is 3.84. The molecule has 0 atom stereocenters. The highest BCUT2D eigenvalue weighted by molar-refractivity contribution is 9.10. The maximum atomic E-state index is 11.8. The molecule has 0 aliphatic heterocycles. The Morgan fingerprint density at radius 3 is 2.60 bits per heavy atom. The van der Waals surface area contributed by atoms with Crippen molar-refractivity contribution in [2.45, 2.75) is 26.2 Å². The molecule has 2 amide bonds. The number of benzene rings is 1. The number of carbonyl (C=O) groups is 1. The van der Waals surface area contributed by atoms with Gasteiger partial charge in [0.05, 0.1) is 0 Å². The summed E-state index contributed by atoms with van der Waals surface area (Å²) in [5.74, 6) is 1.11. The molecule has 0 aliphatic carbocycles. The molecule has 5 nitrogen and oxygen atoms in total. The van der Waals surface area contributed by atoms with Crippen LogP contribution in [0.15, 0.2) is 39.3 Å². The molecule has 106 valence electrons. The van der Waals surface area contributed by atoms with Crippen LogP contribution in [0.3, 0.4) is 0 Å². The summed E-state index contributed by atoms with van der Waals surface area (Å²) in [5.41, 5.74) is 0.546. The van der Waals surface area contributed by atoms with E-state index in [-0.39, 0.29) is 11.4 Å². The second kappa shape index (κ2) is 5.66. The topological polar surface area (TPSA) is 67.2 Å². The summed E-state index contributed by atoms with van der Waals surface area (Å²) in [4.78, 5) is 11.8. The third-order valence-corrected chi connectivity index (χ3v) is 3.07. The number of nitrogens with one attached hydrogen (secondary N) is 2. The molecule has 0 saturated carbocycles. The molecule has 0 aliphatic rings. The minimum absolute atomic E-state index is 0.145. The average Bonchev–Trinajstić information content (AvgIpc) is 2.76. The summed E-state index contributed by atoms with van der Waals surface area (Å²) in [5, 5.41) is 9.18. The number of hydrogen-bond acceptors (Lipinski definition) is 3. The second-order valence-corrected chi connectivity index (χ2v) is 6.33. The average molecular weight is 338 g/mol. The minimum atomic E-state index is -0.364. The highest BCUT2D eigenvalue weighted by Crippen LogP contribution is 2.24. The van der Waals surface area contributed by atoms with Gasteiger partial charge >= 0.3 is 6.03 Å². The minimum Gasteiger partial charge on any atom is -0.359 e. The Hall–Kier alpha value is -1.82. The van der Waals surface area contributed by atoms with Crippen molar-refractivity contribution < 1.29 is 9.32 Å². The number of aromatic nitrogens is 1. The summed E-state index contributed by atoms with van der Waals surface area (Å²) < 4.78 is 6.09. The van der Waals surface area contributed by atoms with Crippen molar-refractivity contribution in [3.63, 3.8) is 0 Å². The van der Waals surface area contributed by atoms with Gasteiger partial charge in [0, 0.05) is 21.6 Å². The number of nitrogens with zero attached hydrogens (tertiary/aromatic N) is 1. The second-order valence-electron chi connectivity index (χ2n) is 5.42. The number of amides is 2. The van der Waals surface area contributed by atoms with E-state index < -0.39 is 0 Å². The van der Waals surface area contributed by atoms with E-state index in [9.17, 15) is 4.79 Å². The fraction of sp³-hybridized carbons (Fsp3) is 0.286. The molecule has 1 aromatic carbocycles. The standard InChI is InChI=1S/C14H16BrN3O2/c1-14(2,3)11-8-12(18-20-11)17-13(19)16-10-6-4-5-9(15)7-10/h4-8H,1-3H3,(H2,16,17,18,19). The molecule has 6 heteroatoms. The third-order valence-electron chi connectivity index (χ3n) is 2.57. The maximum absolute atomic E-state index is 11.8. The van der Waals surface area contributed by atoms with Gasteiger partial charge in [-0.2, -0.15) is 0 Å². The Labute approximate surface area is 125 Å². The van der Waals surface area contributed by atoms with E-state index in [4.69, 9.17) is 4.52 Å². The van der Waals surface area contributed by atoms with Crippen LogP contribution in [-0.4, -0.2) is 11.2 Å². The van der Waals surface area contributed by atoms with Crippen LogP contribution in [0.1, 0.15) is 26.5 Å². The Bertz CT molecular complexity index is 617. The van der Waals surface area contributed by atoms with Gasteiger partial charge in [-0.25, -0.2) is 4.79 Å². The van der Waals surface area contributed by atoms with Crippen molar-refractivity contribution >= 4 is 33.5 Å². The molecule has 2 N–H and O–H groups in total. The van der Waals surface area contributed by atoms with Gasteiger partial charge < -0.3 is 9.84 Å². The summed E-state index contributed by atoms with van der Waals surface area (Å²) in [7, 11) is 0. The van der Waals surface area contributed by atoms with Gasteiger partial charge in [0.2, 0.25) is 0 Å². The van der Waals surface area contributed by atoms with E-state index in [1.54, 1.807) is 12.1 Å². The monoisotopic (exact) mass is 337 g/mol. The van der Waals surface area contributed by atoms with Gasteiger partial charge in [-0.05, 0) is 18.2 Å². The van der Waals surface area contributed by atoms with Gasteiger partial charge in [-0.15, -0.1) is 0 Å². The van der Waals surface area contributed by atoms with Crippen molar-refractivity contribution in [2.75, 3.05) is 10.6 Å². The molecule has 0 unspecified atom stereocenters. The fourth-order valence-corrected chi connectivity index (χ4v) is 1.93. The molecule has 2 aromatic rings. The summed E-state index contributed by atoms with van der Waals surface area (Å²) in [6.45, 7) is 6.04. The number of carbonyl (C=O) groups excluding carboxylic acids is 1. The van der Waals surface area contributed by atoms with Crippen molar-refractivity contribution in [3.8, 4) is 0 Å². The first kappa shape index (κ1) is 14.6. The van der Waals surface area contributed by atoms with E-state index in [1.807, 2.05) is 39.0 Å². The molecule has 0 saturated heterocycles. The Morgan fingerprint density at radius 2 is 2.00 bits per heavy atom. The van der Waals surface area contributed by atoms with Gasteiger partial charge in [0.1, 0.15) is 5.76 Å². The number of rotatable bonds is 2. The van der Waals surface area contributed by atoms with Crippen LogP contribution < -0.4 is 10.6 Å². The van der Waals surface area contributed by atoms with E-state index in [2.05, 4.69) is 31.7 Å². The largest absolute Gasteiger partial charge is 0.359 e. The molecule has 1 heterocycles. The highest BCUT2D eigenvalue weighted by atomic mass is 79.9. The Morgan fingerprint density at radius 1 is 1.25 bits per heavy atom. The van der Waals surface area contributed by atoms with E-state index >= 15 is 0 Å². The molecular formula is C14H16BrN3O2. The lowest BCUT2D eigenvalue weighted by molar-refractivity contribution is 0.262. The number of anilines is 2. The number of urea groups is 1. The molecule has 0 fully saturated rings. The van der Waals surface area contributed by atoms with Crippen molar-refractivity contribution in [3.05, 3.63) is 40.6 Å². The zero-order valence-electron chi connectivity index (χ0n) is 11.5. The van der Waals surface area contributed by atoms with Crippen molar-refractivity contribution in [2.24, 2.45) is 0 Å². The highest BCUT2D eigenvalue weighted by Gasteiger charge is 2.20. The van der Waals surface area contributed by atoms with Gasteiger partial charge in [-0.3, -0.25) is 5.32 Å². The molecular weight excluding hydrogens is 322 g/mol. The zero-order chi connectivity index (χ0) is 14.8. The summed E-state index contributed by atoms with van der Waals surface area (Å²) >= 11 is 3.34. The van der Waals surface area contributed by atoms with E-state index in [0.29, 0.717) is 11.5 Å². The smallest absolute Gasteiger partial charge is 0.324 e. The Balaban J connectivity index is 2.00. The molecule has 1 aromatic heterocycles. The van der Waals surface area contributed by atoms with Crippen LogP contribution >= 0.6 is 15.9 Å². The molecule has 0 spiro atoms. The van der Waals surface area contributed by atoms with Crippen LogP contribution in [0.4, 0.5) is 16.3 Å². The van der Waals surface area contributed by atoms with Crippen LogP contribution in [0, 0.1) is 0 Å². The van der Waals surface area contributed by atoms with E-state index in [0.717, 1.165) is 10.2 Å². The SMILES string of the molecule is CC(C)(C)c1cc(NC(=O)Nc2cccc(Br)c2)no1. The predicted molar refractivity (Wildman–Crippen MR) is 82.0 cm³/mol. The first-order chi connectivity index (χ1) is 9.34. The summed E-state index contributed by atoms with van der Waals surface area (Å²) in [6.07, 6.45) is 0. The first-order valence-electron chi connectivity index (χ1n) is 6.15. The van der Waals surface area contributed by atoms with Crippen LogP contribution in [0.25, 0.3) is 0 Å². The van der Waals surface area contributed by atoms with Crippen LogP contribution in [0.5, 0.6) is 0 Å². The van der Waals surface area contributed by atoms with E-state index in [1.165, 1.54) is 0 Å². The summed E-state index contributed by atoms with van der Waals surface area (Å²) in [6, 6.07) is 8.69. The first-order valence-corrected chi connectivity index (χ1v) is 6.95. The molecule has 0 bridgehead atoms. The normalized spacial score (nSPS) is 11.2. The number of halogens is 1. The maximum Gasteiger partial charge on any atom is 0.324 e. The van der Waals surface area contributed by atoms with Crippen molar-refractivity contribution in [1.29, 1.82) is 0 Å². The molecule has 2 rings (SSSR count). The number of hydrogen-bond donors (Lipinski definition) is 2.